The Labute approximate surface area is 137 Å². The Kier molecular flexibility index (Phi) is 3.87. The highest BCUT2D eigenvalue weighted by atomic mass is 19.4. The van der Waals surface area contributed by atoms with Crippen LogP contribution in [0.25, 0.3) is 5.65 Å². The number of nitrogens with zero attached hydrogens (tertiary/aromatic N) is 4. The highest BCUT2D eigenvalue weighted by molar-refractivity contribution is 5.91. The number of halogens is 3. The van der Waals surface area contributed by atoms with Gasteiger partial charge in [-0.05, 0) is 24.3 Å². The van der Waals surface area contributed by atoms with E-state index in [4.69, 9.17) is 0 Å². The number of rotatable bonds is 3. The highest BCUT2D eigenvalue weighted by Crippen LogP contribution is 2.33. The molecule has 2 N–H and O–H groups in total. The highest BCUT2D eigenvalue weighted by Gasteiger charge is 2.31. The third-order valence-electron chi connectivity index (χ3n) is 3.26. The van der Waals surface area contributed by atoms with Crippen molar-refractivity contribution in [2.24, 2.45) is 10.2 Å². The summed E-state index contributed by atoms with van der Waals surface area (Å²) in [6, 6.07) is 7.67. The van der Waals surface area contributed by atoms with Crippen molar-refractivity contribution >= 4 is 23.1 Å². The molecule has 0 saturated carbocycles. The zero-order valence-corrected chi connectivity index (χ0v) is 12.3. The van der Waals surface area contributed by atoms with Gasteiger partial charge in [0.15, 0.2) is 11.5 Å². The van der Waals surface area contributed by atoms with Crippen molar-refractivity contribution in [3.8, 4) is 5.75 Å². The number of benzene rings is 1. The zero-order chi connectivity index (χ0) is 18.2. The average Bonchev–Trinajstić information content (AvgIpc) is 2.91. The molecule has 10 heteroatoms. The number of phenolic OH excluding ortho intramolecular Hbond substituents is 1. The molecule has 2 aromatic heterocycles. The smallest absolute Gasteiger partial charge is 0.417 e. The van der Waals surface area contributed by atoms with E-state index in [1.54, 1.807) is 12.1 Å². The fourth-order valence-corrected chi connectivity index (χ4v) is 2.09. The largest absolute Gasteiger partial charge is 0.506 e. The predicted octanol–water partition coefficient (Wildman–Crippen LogP) is 4.17. The van der Waals surface area contributed by atoms with E-state index in [-0.39, 0.29) is 17.1 Å². The molecule has 7 nitrogen and oxygen atoms in total. The molecule has 3 rings (SSSR count). The number of phenols is 1. The number of aromatic hydroxyl groups is 1. The van der Waals surface area contributed by atoms with Crippen molar-refractivity contribution in [2.45, 2.75) is 6.18 Å². The number of hydrogen-bond donors (Lipinski definition) is 2. The number of aromatic carboxylic acids is 1. The fraction of sp³-hybridized carbons (Fsp3) is 0.0667. The Morgan fingerprint density at radius 2 is 1.84 bits per heavy atom. The predicted molar refractivity (Wildman–Crippen MR) is 79.4 cm³/mol. The van der Waals surface area contributed by atoms with Crippen LogP contribution < -0.4 is 0 Å². The molecule has 0 unspecified atom stereocenters. The van der Waals surface area contributed by atoms with Crippen molar-refractivity contribution in [1.82, 2.24) is 9.38 Å². The number of hydrogen-bond acceptors (Lipinski definition) is 5. The molecule has 0 aliphatic heterocycles. The molecule has 0 atom stereocenters. The Morgan fingerprint density at radius 3 is 2.48 bits per heavy atom. The summed E-state index contributed by atoms with van der Waals surface area (Å²) in [6.07, 6.45) is -3.93. The Balaban J connectivity index is 2.18. The minimum atomic E-state index is -4.62. The molecule has 0 saturated heterocycles. The second kappa shape index (κ2) is 5.89. The minimum absolute atomic E-state index is 0.0285. The van der Waals surface area contributed by atoms with Crippen LogP contribution in [-0.4, -0.2) is 25.6 Å². The number of carbonyl (C=O) groups is 1. The van der Waals surface area contributed by atoms with Gasteiger partial charge < -0.3 is 10.2 Å². The van der Waals surface area contributed by atoms with Crippen molar-refractivity contribution < 1.29 is 28.2 Å². The van der Waals surface area contributed by atoms with Gasteiger partial charge in [-0.2, -0.15) is 13.2 Å². The Bertz CT molecular complexity index is 995. The number of aromatic nitrogens is 2. The monoisotopic (exact) mass is 350 g/mol. The van der Waals surface area contributed by atoms with E-state index in [0.29, 0.717) is 6.20 Å². The van der Waals surface area contributed by atoms with Crippen LogP contribution in [0.15, 0.2) is 52.8 Å². The lowest BCUT2D eigenvalue weighted by Gasteiger charge is -2.06. The van der Waals surface area contributed by atoms with E-state index in [1.807, 2.05) is 0 Å². The van der Waals surface area contributed by atoms with Gasteiger partial charge in [0, 0.05) is 6.20 Å². The van der Waals surface area contributed by atoms with E-state index in [9.17, 15) is 28.2 Å². The van der Waals surface area contributed by atoms with Crippen LogP contribution in [0.1, 0.15) is 16.1 Å². The van der Waals surface area contributed by atoms with E-state index in [2.05, 4.69) is 15.2 Å². The molecule has 128 valence electrons. The molecule has 0 aliphatic rings. The molecule has 25 heavy (non-hydrogen) atoms. The molecule has 0 spiro atoms. The quantitative estimate of drug-likeness (QED) is 0.692. The van der Waals surface area contributed by atoms with Crippen LogP contribution >= 0.6 is 0 Å². The second-order valence-electron chi connectivity index (χ2n) is 4.92. The lowest BCUT2D eigenvalue weighted by Crippen LogP contribution is -2.06. The summed E-state index contributed by atoms with van der Waals surface area (Å²) in [5.74, 6) is -2.08. The summed E-state index contributed by atoms with van der Waals surface area (Å²) in [5.41, 5.74) is -1.55. The lowest BCUT2D eigenvalue weighted by molar-refractivity contribution is -0.137. The van der Waals surface area contributed by atoms with Crippen LogP contribution in [0.4, 0.5) is 24.7 Å². The number of alkyl halides is 3. The third-order valence-corrected chi connectivity index (χ3v) is 3.26. The van der Waals surface area contributed by atoms with E-state index in [0.717, 1.165) is 16.5 Å². The molecule has 3 aromatic rings. The summed E-state index contributed by atoms with van der Waals surface area (Å²) < 4.78 is 39.5. The zero-order valence-electron chi connectivity index (χ0n) is 12.3. The van der Waals surface area contributed by atoms with Crippen LogP contribution in [0.3, 0.4) is 0 Å². The van der Waals surface area contributed by atoms with Gasteiger partial charge in [0.1, 0.15) is 17.1 Å². The number of para-hydroxylation sites is 1. The Morgan fingerprint density at radius 1 is 1.12 bits per heavy atom. The maximum absolute atomic E-state index is 12.9. The maximum Gasteiger partial charge on any atom is 0.417 e. The Hall–Kier alpha value is -3.43. The molecular formula is C15H9F3N4O3. The molecule has 0 bridgehead atoms. The number of pyridine rings is 1. The number of carboxylic acid groups (broad SMARTS) is 1. The van der Waals surface area contributed by atoms with Crippen molar-refractivity contribution in [3.05, 3.63) is 53.9 Å². The normalized spacial score (nSPS) is 12.1. The van der Waals surface area contributed by atoms with Crippen molar-refractivity contribution in [2.75, 3.05) is 0 Å². The number of imidazole rings is 1. The molecule has 0 aliphatic carbocycles. The van der Waals surface area contributed by atoms with Crippen LogP contribution in [0, 0.1) is 0 Å². The molecule has 0 radical (unpaired) electrons. The first-order valence-corrected chi connectivity index (χ1v) is 6.79. The van der Waals surface area contributed by atoms with Gasteiger partial charge in [-0.25, -0.2) is 9.78 Å². The van der Waals surface area contributed by atoms with E-state index < -0.39 is 29.2 Å². The summed E-state index contributed by atoms with van der Waals surface area (Å²) >= 11 is 0. The number of azo groups is 1. The molecular weight excluding hydrogens is 341 g/mol. The van der Waals surface area contributed by atoms with Gasteiger partial charge in [-0.15, -0.1) is 10.2 Å². The van der Waals surface area contributed by atoms with Gasteiger partial charge in [0.25, 0.3) is 0 Å². The van der Waals surface area contributed by atoms with Crippen LogP contribution in [0.2, 0.25) is 0 Å². The van der Waals surface area contributed by atoms with Gasteiger partial charge in [-0.3, -0.25) is 4.40 Å². The van der Waals surface area contributed by atoms with Gasteiger partial charge >= 0.3 is 12.1 Å². The van der Waals surface area contributed by atoms with E-state index >= 15 is 0 Å². The number of carboxylic acids is 1. The summed E-state index contributed by atoms with van der Waals surface area (Å²) in [5, 5.41) is 26.2. The fourth-order valence-electron chi connectivity index (χ4n) is 2.09. The van der Waals surface area contributed by atoms with Crippen LogP contribution in [0.5, 0.6) is 5.75 Å². The summed E-state index contributed by atoms with van der Waals surface area (Å²) in [4.78, 5) is 15.1. The molecule has 0 amide bonds. The topological polar surface area (TPSA) is 99.5 Å². The van der Waals surface area contributed by atoms with Crippen LogP contribution in [-0.2, 0) is 6.18 Å². The van der Waals surface area contributed by atoms with Gasteiger partial charge in [-0.1, -0.05) is 12.1 Å². The maximum atomic E-state index is 12.9. The first kappa shape index (κ1) is 16.4. The summed E-state index contributed by atoms with van der Waals surface area (Å²) in [7, 11) is 0. The molecule has 0 fully saturated rings. The van der Waals surface area contributed by atoms with Crippen molar-refractivity contribution in [1.29, 1.82) is 0 Å². The molecule has 2 heterocycles. The SMILES string of the molecule is O=C(O)c1nc2ccc(C(F)(F)F)cn2c1N=Nc1ccccc1O. The lowest BCUT2D eigenvalue weighted by atomic mass is 10.3. The third kappa shape index (κ3) is 3.13. The average molecular weight is 350 g/mol. The number of fused-ring (bicyclic) bond motifs is 1. The van der Waals surface area contributed by atoms with Gasteiger partial charge in [0.2, 0.25) is 0 Å². The minimum Gasteiger partial charge on any atom is -0.506 e. The first-order chi connectivity index (χ1) is 11.8. The summed E-state index contributed by atoms with van der Waals surface area (Å²) in [6.45, 7) is 0. The first-order valence-electron chi connectivity index (χ1n) is 6.79. The second-order valence-corrected chi connectivity index (χ2v) is 4.92. The van der Waals surface area contributed by atoms with Gasteiger partial charge in [0.05, 0.1) is 5.56 Å². The van der Waals surface area contributed by atoms with E-state index in [1.165, 1.54) is 12.1 Å². The standard InChI is InChI=1S/C15H9F3N4O3/c16-15(17,18)8-5-6-11-19-12(14(24)25)13(22(11)7-8)21-20-9-3-1-2-4-10(9)23/h1-7,23H,(H,24,25). The van der Waals surface area contributed by atoms with Crippen molar-refractivity contribution in [3.63, 3.8) is 0 Å². The molecule has 1 aromatic carbocycles.